The van der Waals surface area contributed by atoms with Crippen LogP contribution in [0.1, 0.15) is 59.7 Å². The van der Waals surface area contributed by atoms with E-state index in [4.69, 9.17) is 9.72 Å². The highest BCUT2D eigenvalue weighted by Gasteiger charge is 2.30. The number of piperidine rings is 1. The van der Waals surface area contributed by atoms with E-state index >= 15 is 0 Å². The summed E-state index contributed by atoms with van der Waals surface area (Å²) in [6.07, 6.45) is 7.03. The van der Waals surface area contributed by atoms with Gasteiger partial charge in [-0.15, -0.1) is 0 Å². The molecule has 152 valence electrons. The first-order valence-electron chi connectivity index (χ1n) is 9.98. The number of amides is 2. The largest absolute Gasteiger partial charge is 0.481 e. The molecule has 1 unspecified atom stereocenters. The van der Waals surface area contributed by atoms with Crippen molar-refractivity contribution in [1.29, 1.82) is 0 Å². The predicted octanol–water partition coefficient (Wildman–Crippen LogP) is 2.15. The van der Waals surface area contributed by atoms with Crippen LogP contribution in [-0.2, 0) is 17.8 Å². The van der Waals surface area contributed by atoms with Crippen LogP contribution in [0.5, 0.6) is 5.88 Å². The van der Waals surface area contributed by atoms with E-state index in [9.17, 15) is 9.59 Å². The first-order valence-corrected chi connectivity index (χ1v) is 9.98. The Morgan fingerprint density at radius 1 is 1.14 bits per heavy atom. The second-order valence-corrected chi connectivity index (χ2v) is 7.49. The average molecular weight is 395 g/mol. The van der Waals surface area contributed by atoms with Crippen molar-refractivity contribution in [1.82, 2.24) is 24.8 Å². The molecule has 2 aromatic heterocycles. The van der Waals surface area contributed by atoms with E-state index in [1.807, 2.05) is 11.1 Å². The van der Waals surface area contributed by atoms with E-state index in [2.05, 4.69) is 9.97 Å². The molecule has 0 radical (unpaired) electrons. The fourth-order valence-corrected chi connectivity index (χ4v) is 4.05. The van der Waals surface area contributed by atoms with Gasteiger partial charge in [0.05, 0.1) is 24.4 Å². The van der Waals surface area contributed by atoms with Crippen LogP contribution in [0.15, 0.2) is 24.5 Å². The number of aromatic nitrogens is 3. The minimum absolute atomic E-state index is 0.0448. The Bertz CT molecular complexity index is 915. The summed E-state index contributed by atoms with van der Waals surface area (Å²) in [5.41, 5.74) is 2.46. The quantitative estimate of drug-likeness (QED) is 0.791. The molecule has 1 saturated heterocycles. The Kier molecular flexibility index (Phi) is 5.42. The predicted molar refractivity (Wildman–Crippen MR) is 105 cm³/mol. The van der Waals surface area contributed by atoms with E-state index < -0.39 is 0 Å². The van der Waals surface area contributed by atoms with Crippen LogP contribution in [-0.4, -0.2) is 56.8 Å². The van der Waals surface area contributed by atoms with Crippen molar-refractivity contribution in [2.75, 3.05) is 20.2 Å². The molecule has 2 aliphatic rings. The van der Waals surface area contributed by atoms with E-state index in [1.54, 1.807) is 31.1 Å². The van der Waals surface area contributed by atoms with Crippen LogP contribution in [0.3, 0.4) is 0 Å². The molecule has 0 aliphatic carbocycles. The maximum Gasteiger partial charge on any atom is 0.255 e. The number of hydrogen-bond donors (Lipinski definition) is 0. The number of fused-ring (bicyclic) bond motifs is 1. The molecule has 0 bridgehead atoms. The molecule has 8 heteroatoms. The standard InChI is InChI=1S/C21H25N5O3/c1-14(27)26-9-4-3-5-18(26)20-23-12-16-13-25(10-8-17(16)24-20)21(28)15-6-7-19(29-2)22-11-15/h6-7,11-12,18H,3-5,8-10,13H2,1-2H3. The molecular weight excluding hydrogens is 370 g/mol. The first kappa shape index (κ1) is 19.3. The molecule has 0 spiro atoms. The molecule has 4 rings (SSSR count). The molecule has 29 heavy (non-hydrogen) atoms. The van der Waals surface area contributed by atoms with Crippen LogP contribution < -0.4 is 4.74 Å². The van der Waals surface area contributed by atoms with Gasteiger partial charge in [-0.05, 0) is 25.3 Å². The maximum absolute atomic E-state index is 12.8. The minimum atomic E-state index is -0.0649. The van der Waals surface area contributed by atoms with Crippen molar-refractivity contribution in [2.45, 2.75) is 45.2 Å². The van der Waals surface area contributed by atoms with Gasteiger partial charge >= 0.3 is 0 Å². The lowest BCUT2D eigenvalue weighted by molar-refractivity contribution is -0.132. The zero-order chi connectivity index (χ0) is 20.4. The summed E-state index contributed by atoms with van der Waals surface area (Å²) in [6.45, 7) is 3.43. The van der Waals surface area contributed by atoms with Gasteiger partial charge in [-0.25, -0.2) is 15.0 Å². The molecule has 1 atom stereocenters. The van der Waals surface area contributed by atoms with Crippen molar-refractivity contribution in [3.63, 3.8) is 0 Å². The number of methoxy groups -OCH3 is 1. The second-order valence-electron chi connectivity index (χ2n) is 7.49. The Morgan fingerprint density at radius 2 is 2.00 bits per heavy atom. The molecule has 2 aromatic rings. The van der Waals surface area contributed by atoms with Crippen LogP contribution in [0.2, 0.25) is 0 Å². The molecule has 0 N–H and O–H groups in total. The second kappa shape index (κ2) is 8.14. The topological polar surface area (TPSA) is 88.5 Å². The van der Waals surface area contributed by atoms with Gasteiger partial charge in [0.15, 0.2) is 5.82 Å². The van der Waals surface area contributed by atoms with E-state index in [0.717, 1.165) is 42.9 Å². The minimum Gasteiger partial charge on any atom is -0.481 e. The number of hydrogen-bond acceptors (Lipinski definition) is 6. The number of carbonyl (C=O) groups is 2. The van der Waals surface area contributed by atoms with Gasteiger partial charge in [0.25, 0.3) is 5.91 Å². The molecular formula is C21H25N5O3. The van der Waals surface area contributed by atoms with Gasteiger partial charge < -0.3 is 14.5 Å². The summed E-state index contributed by atoms with van der Waals surface area (Å²) in [4.78, 5) is 41.9. The smallest absolute Gasteiger partial charge is 0.255 e. The Hall–Kier alpha value is -3.03. The highest BCUT2D eigenvalue weighted by Crippen LogP contribution is 2.30. The number of likely N-dealkylation sites (tertiary alicyclic amines) is 1. The third kappa shape index (κ3) is 3.92. The van der Waals surface area contributed by atoms with Crippen molar-refractivity contribution in [3.8, 4) is 5.88 Å². The number of pyridine rings is 1. The Labute approximate surface area is 169 Å². The van der Waals surface area contributed by atoms with Gasteiger partial charge in [-0.2, -0.15) is 0 Å². The van der Waals surface area contributed by atoms with Gasteiger partial charge in [0, 0.05) is 57.0 Å². The lowest BCUT2D eigenvalue weighted by atomic mass is 10.00. The highest BCUT2D eigenvalue weighted by molar-refractivity contribution is 5.94. The SMILES string of the molecule is COc1ccc(C(=O)N2CCc3nc(C4CCCCN4C(C)=O)ncc3C2)cn1. The molecule has 1 fully saturated rings. The van der Waals surface area contributed by atoms with Gasteiger partial charge in [0.2, 0.25) is 11.8 Å². The third-order valence-electron chi connectivity index (χ3n) is 5.64. The van der Waals surface area contributed by atoms with Gasteiger partial charge in [-0.3, -0.25) is 9.59 Å². The summed E-state index contributed by atoms with van der Waals surface area (Å²) in [6, 6.07) is 3.37. The van der Waals surface area contributed by atoms with Crippen molar-refractivity contribution >= 4 is 11.8 Å². The monoisotopic (exact) mass is 395 g/mol. The van der Waals surface area contributed by atoms with Crippen LogP contribution in [0.4, 0.5) is 0 Å². The summed E-state index contributed by atoms with van der Waals surface area (Å²) in [7, 11) is 1.54. The zero-order valence-corrected chi connectivity index (χ0v) is 16.8. The van der Waals surface area contributed by atoms with E-state index in [-0.39, 0.29) is 17.9 Å². The zero-order valence-electron chi connectivity index (χ0n) is 16.8. The van der Waals surface area contributed by atoms with Crippen molar-refractivity contribution < 1.29 is 14.3 Å². The number of ether oxygens (including phenoxy) is 1. The average Bonchev–Trinajstić information content (AvgIpc) is 2.78. The number of carbonyl (C=O) groups excluding carboxylic acids is 2. The van der Waals surface area contributed by atoms with Gasteiger partial charge in [-0.1, -0.05) is 0 Å². The molecule has 2 aliphatic heterocycles. The maximum atomic E-state index is 12.8. The van der Waals surface area contributed by atoms with Crippen molar-refractivity contribution in [3.05, 3.63) is 47.2 Å². The number of rotatable bonds is 3. The molecule has 4 heterocycles. The summed E-state index contributed by atoms with van der Waals surface area (Å²) in [5, 5.41) is 0. The van der Waals surface area contributed by atoms with E-state index in [0.29, 0.717) is 31.0 Å². The van der Waals surface area contributed by atoms with Crippen LogP contribution >= 0.6 is 0 Å². The lowest BCUT2D eigenvalue weighted by Crippen LogP contribution is -2.39. The van der Waals surface area contributed by atoms with Crippen molar-refractivity contribution in [2.24, 2.45) is 0 Å². The fraction of sp³-hybridized carbons (Fsp3) is 0.476. The number of nitrogens with zero attached hydrogens (tertiary/aromatic N) is 5. The molecule has 2 amide bonds. The molecule has 0 saturated carbocycles. The summed E-state index contributed by atoms with van der Waals surface area (Å²) < 4.78 is 5.05. The Balaban J connectivity index is 1.50. The van der Waals surface area contributed by atoms with Crippen LogP contribution in [0, 0.1) is 0 Å². The normalized spacial score (nSPS) is 18.9. The molecule has 0 aromatic carbocycles. The molecule has 8 nitrogen and oxygen atoms in total. The Morgan fingerprint density at radius 3 is 2.72 bits per heavy atom. The summed E-state index contributed by atoms with van der Waals surface area (Å²) in [5.74, 6) is 1.21. The lowest BCUT2D eigenvalue weighted by Gasteiger charge is -2.35. The van der Waals surface area contributed by atoms with Gasteiger partial charge in [0.1, 0.15) is 0 Å². The highest BCUT2D eigenvalue weighted by atomic mass is 16.5. The van der Waals surface area contributed by atoms with Crippen LogP contribution in [0.25, 0.3) is 0 Å². The third-order valence-corrected chi connectivity index (χ3v) is 5.64. The first-order chi connectivity index (χ1) is 14.1. The van der Waals surface area contributed by atoms with E-state index in [1.165, 1.54) is 6.20 Å². The fourth-order valence-electron chi connectivity index (χ4n) is 4.05. The summed E-state index contributed by atoms with van der Waals surface area (Å²) >= 11 is 0.